The standard InChI is InChI=1S/3C25H22P2.6CH4O.ClH.Ir/c3*1-5-13-22(14-6-1)26(23-15-7-2-8-16-23)21-27(24-17-9-3-10-18-24)25-19-11-4-12-20-25;6*1-2;;/h3*1-20H,21H2;6*2H,1H3;1H;/p+4. The summed E-state index contributed by atoms with van der Waals surface area (Å²) in [4.78, 5) is 0. The van der Waals surface area contributed by atoms with E-state index in [0.29, 0.717) is 0 Å². The molecule has 0 bridgehead atoms. The van der Waals surface area contributed by atoms with Gasteiger partial charge in [0.05, 0.1) is 24.4 Å². The Hall–Kier alpha value is -6.08. The first-order valence-electron chi connectivity index (χ1n) is 30.6. The van der Waals surface area contributed by atoms with Crippen LogP contribution in [0.25, 0.3) is 0 Å². The molecule has 6 nitrogen and oxygen atoms in total. The molecule has 0 aliphatic carbocycles. The molecule has 0 heterocycles. The van der Waals surface area contributed by atoms with Crippen molar-refractivity contribution in [3.05, 3.63) is 364 Å². The first-order chi connectivity index (χ1) is 46.2. The van der Waals surface area contributed by atoms with Crippen LogP contribution < -0.4 is 76.1 Å². The molecule has 0 spiro atoms. The third-order valence-electron chi connectivity index (χ3n) is 14.4. The van der Waals surface area contributed by atoms with E-state index in [1.54, 1.807) is 0 Å². The number of rotatable bonds is 18. The fourth-order valence-electron chi connectivity index (χ4n) is 10.3. The maximum atomic E-state index is 7.00. The van der Waals surface area contributed by atoms with Gasteiger partial charge in [0.2, 0.25) is 0 Å². The molecular formula is C81H95ClIrO6P6+4. The van der Waals surface area contributed by atoms with Crippen molar-refractivity contribution >= 4 is 111 Å². The molecule has 95 heavy (non-hydrogen) atoms. The van der Waals surface area contributed by atoms with Crippen LogP contribution in [-0.2, 0) is 20.1 Å². The maximum Gasteiger partial charge on any atom is 0.174 e. The van der Waals surface area contributed by atoms with E-state index in [-0.39, 0.29) is 32.5 Å². The Balaban J connectivity index is 0.000000444. The van der Waals surface area contributed by atoms with E-state index in [9.17, 15) is 0 Å². The minimum absolute atomic E-state index is 0. The van der Waals surface area contributed by atoms with Crippen LogP contribution in [-0.4, -0.2) is 91.0 Å². The summed E-state index contributed by atoms with van der Waals surface area (Å²) in [6.07, 6.45) is 0. The van der Waals surface area contributed by atoms with Gasteiger partial charge in [-0.05, 0) is 140 Å². The van der Waals surface area contributed by atoms with E-state index in [1.165, 1.54) is 81.4 Å². The summed E-state index contributed by atoms with van der Waals surface area (Å²) >= 11 is 0. The van der Waals surface area contributed by atoms with Crippen molar-refractivity contribution in [3.8, 4) is 0 Å². The summed E-state index contributed by atoms with van der Waals surface area (Å²) in [7, 11) is 1.35. The Labute approximate surface area is 594 Å². The van der Waals surface area contributed by atoms with Crippen LogP contribution >= 0.6 is 47.5 Å². The molecule has 12 rings (SSSR count). The van der Waals surface area contributed by atoms with Gasteiger partial charge in [-0.3, -0.25) is 0 Å². The first kappa shape index (κ1) is 85.0. The predicted molar refractivity (Wildman–Crippen MR) is 425 cm³/mol. The van der Waals surface area contributed by atoms with Crippen LogP contribution in [0.3, 0.4) is 0 Å². The topological polar surface area (TPSA) is 121 Å². The monoisotopic (exact) mass is 1580 g/mol. The summed E-state index contributed by atoms with van der Waals surface area (Å²) in [5.41, 5.74) is 0. The van der Waals surface area contributed by atoms with E-state index < -0.39 is 47.5 Å². The number of halogens is 1. The zero-order chi connectivity index (χ0) is 66.9. The van der Waals surface area contributed by atoms with Gasteiger partial charge in [0.15, 0.2) is 11.8 Å². The van der Waals surface area contributed by atoms with Crippen molar-refractivity contribution in [2.45, 2.75) is 0 Å². The summed E-state index contributed by atoms with van der Waals surface area (Å²) in [6.45, 7) is 0. The molecule has 0 saturated heterocycles. The number of benzene rings is 12. The third kappa shape index (κ3) is 28.9. The second kappa shape index (κ2) is 54.0. The average Bonchev–Trinajstić information content (AvgIpc) is 1.11. The fraction of sp³-hybridized carbons (Fsp3) is 0.111. The molecule has 0 atom stereocenters. The van der Waals surface area contributed by atoms with Crippen molar-refractivity contribution in [1.82, 2.24) is 0 Å². The molecule has 0 unspecified atom stereocenters. The van der Waals surface area contributed by atoms with Gasteiger partial charge in [0.1, 0.15) is 74.1 Å². The van der Waals surface area contributed by atoms with Gasteiger partial charge < -0.3 is 43.0 Å². The van der Waals surface area contributed by atoms with E-state index in [1.807, 2.05) is 0 Å². The van der Waals surface area contributed by atoms with Crippen LogP contribution in [0.1, 0.15) is 0 Å². The van der Waals surface area contributed by atoms with Gasteiger partial charge in [-0.15, -0.1) is 0 Å². The summed E-state index contributed by atoms with van der Waals surface area (Å²) in [6, 6.07) is 133. The average molecular weight is 1580 g/mol. The summed E-state index contributed by atoms with van der Waals surface area (Å²) < 4.78 is 0. The maximum absolute atomic E-state index is 7.00. The first-order valence-corrected chi connectivity index (χ1v) is 40.7. The number of hydrogen-bond donors (Lipinski definition) is 6. The van der Waals surface area contributed by atoms with Crippen LogP contribution in [0.5, 0.6) is 0 Å². The van der Waals surface area contributed by atoms with Crippen molar-refractivity contribution < 1.29 is 63.2 Å². The molecule has 497 valence electrons. The molecule has 0 aromatic heterocycles. The van der Waals surface area contributed by atoms with Crippen LogP contribution in [0, 0.1) is 0 Å². The summed E-state index contributed by atoms with van der Waals surface area (Å²) in [5, 5.41) is 59.9. The fourth-order valence-corrected chi connectivity index (χ4v) is 32.8. The Morgan fingerprint density at radius 3 is 0.442 bits per heavy atom. The van der Waals surface area contributed by atoms with Gasteiger partial charge in [-0.2, -0.15) is 0 Å². The second-order valence-electron chi connectivity index (χ2n) is 19.7. The largest absolute Gasteiger partial charge is 1.00 e. The predicted octanol–water partition coefficient (Wildman–Crippen LogP) is 8.94. The zero-order valence-electron chi connectivity index (χ0n) is 55.1. The van der Waals surface area contributed by atoms with Crippen molar-refractivity contribution in [2.75, 3.05) is 60.4 Å². The minimum atomic E-state index is -0.864. The molecule has 6 N–H and O–H groups in total. The van der Waals surface area contributed by atoms with Crippen molar-refractivity contribution in [1.29, 1.82) is 0 Å². The Morgan fingerprint density at radius 1 is 0.189 bits per heavy atom. The van der Waals surface area contributed by atoms with Crippen molar-refractivity contribution in [3.63, 3.8) is 0 Å². The van der Waals surface area contributed by atoms with Gasteiger partial charge in [-0.1, -0.05) is 243 Å². The SMILES string of the molecule is CO.CO.CO.CO.CO.CO.[Cl-].[Ir].c1ccc(P(C[PH+](c2ccccc2)c2ccccc2)c2ccccc2)cc1.c1ccc([PH+](C[PH+](c2ccccc2)c2ccccc2)c2ccccc2)cc1.c1ccc([PH+](C[PH+](c2ccccc2)c2ccccc2)c2ccccc2)cc1. The Kier molecular flexibility index (Phi) is 48.3. The van der Waals surface area contributed by atoms with Crippen LogP contribution in [0.15, 0.2) is 364 Å². The van der Waals surface area contributed by atoms with E-state index >= 15 is 0 Å². The molecule has 0 saturated carbocycles. The number of aliphatic hydroxyl groups is 6. The number of aliphatic hydroxyl groups excluding tert-OH is 6. The smallest absolute Gasteiger partial charge is 0.174 e. The third-order valence-corrected chi connectivity index (χ3v) is 34.7. The van der Waals surface area contributed by atoms with E-state index in [4.69, 9.17) is 30.6 Å². The van der Waals surface area contributed by atoms with Gasteiger partial charge >= 0.3 is 0 Å². The molecule has 0 aliphatic heterocycles. The summed E-state index contributed by atoms with van der Waals surface area (Å²) in [5.74, 6) is 3.71. The van der Waals surface area contributed by atoms with Gasteiger partial charge in [-0.25, -0.2) is 0 Å². The molecule has 14 heteroatoms. The van der Waals surface area contributed by atoms with Crippen LogP contribution in [0.2, 0.25) is 0 Å². The molecule has 0 aliphatic rings. The van der Waals surface area contributed by atoms with E-state index in [2.05, 4.69) is 364 Å². The quantitative estimate of drug-likeness (QED) is 0.0478. The van der Waals surface area contributed by atoms with Gasteiger partial charge in [0, 0.05) is 62.8 Å². The van der Waals surface area contributed by atoms with Crippen molar-refractivity contribution in [2.24, 2.45) is 0 Å². The van der Waals surface area contributed by atoms with E-state index in [0.717, 1.165) is 42.7 Å². The molecule has 0 amide bonds. The normalized spacial score (nSPS) is 9.79. The number of hydrogen-bond acceptors (Lipinski definition) is 6. The Morgan fingerprint density at radius 2 is 0.305 bits per heavy atom. The molecule has 0 fully saturated rings. The van der Waals surface area contributed by atoms with Crippen LogP contribution in [0.4, 0.5) is 0 Å². The molecule has 1 radical (unpaired) electrons. The van der Waals surface area contributed by atoms with Gasteiger partial charge in [0.25, 0.3) is 0 Å². The second-order valence-corrected chi connectivity index (χ2v) is 36.2. The molecule has 12 aromatic rings. The minimum Gasteiger partial charge on any atom is -1.00 e. The molecular weight excluding hydrogens is 1480 g/mol. The zero-order valence-corrected chi connectivity index (χ0v) is 64.1. The molecule has 12 aromatic carbocycles. The Bertz CT molecular complexity index is 2770.